The van der Waals surface area contributed by atoms with E-state index in [9.17, 15) is 5.11 Å². The Hall–Kier alpha value is -0.520. The first-order valence-corrected chi connectivity index (χ1v) is 4.94. The molecule has 1 atom stereocenters. The Morgan fingerprint density at radius 3 is 2.08 bits per heavy atom. The summed E-state index contributed by atoms with van der Waals surface area (Å²) < 4.78 is 0. The van der Waals surface area contributed by atoms with Gasteiger partial charge in [-0.25, -0.2) is 0 Å². The van der Waals surface area contributed by atoms with Gasteiger partial charge in [-0.05, 0) is 37.3 Å². The maximum absolute atomic E-state index is 9.89. The van der Waals surface area contributed by atoms with E-state index >= 15 is 0 Å². The molecule has 0 amide bonds. The zero-order chi connectivity index (χ0) is 10.6. The first kappa shape index (κ1) is 12.5. The summed E-state index contributed by atoms with van der Waals surface area (Å²) in [7, 11) is 0. The molecular formula is C12H22O. The van der Waals surface area contributed by atoms with Gasteiger partial charge in [0.2, 0.25) is 0 Å². The number of hydrogen-bond acceptors (Lipinski definition) is 1. The molecule has 0 radical (unpaired) electrons. The molecule has 1 heteroatoms. The maximum Gasteiger partial charge on any atom is 0.0895 e. The zero-order valence-electron chi connectivity index (χ0n) is 9.68. The van der Waals surface area contributed by atoms with Crippen LogP contribution in [0.3, 0.4) is 0 Å². The van der Waals surface area contributed by atoms with Crippen molar-refractivity contribution in [2.24, 2.45) is 11.8 Å². The van der Waals surface area contributed by atoms with E-state index in [2.05, 4.69) is 19.6 Å². The quantitative estimate of drug-likeness (QED) is 0.665. The minimum absolute atomic E-state index is 0.222. The van der Waals surface area contributed by atoms with Crippen LogP contribution < -0.4 is 0 Å². The summed E-state index contributed by atoms with van der Waals surface area (Å²) in [5.41, 5.74) is 3.59. The minimum atomic E-state index is -0.740. The molecule has 0 aromatic rings. The normalized spacial score (nSPS) is 15.5. The van der Waals surface area contributed by atoms with Crippen LogP contribution in [-0.4, -0.2) is 10.7 Å². The lowest BCUT2D eigenvalue weighted by Crippen LogP contribution is -2.27. The van der Waals surface area contributed by atoms with Crippen molar-refractivity contribution < 1.29 is 5.11 Å². The van der Waals surface area contributed by atoms with Crippen LogP contribution in [0.15, 0.2) is 17.4 Å². The first-order chi connectivity index (χ1) is 5.77. The molecular weight excluding hydrogens is 160 g/mol. The van der Waals surface area contributed by atoms with E-state index in [0.29, 0.717) is 5.92 Å². The van der Waals surface area contributed by atoms with Gasteiger partial charge in [0.15, 0.2) is 0 Å². The Labute approximate surface area is 82.2 Å². The summed E-state index contributed by atoms with van der Waals surface area (Å²) >= 11 is 0. The first-order valence-electron chi connectivity index (χ1n) is 4.94. The van der Waals surface area contributed by atoms with E-state index in [1.165, 1.54) is 5.57 Å². The van der Waals surface area contributed by atoms with Crippen molar-refractivity contribution in [1.29, 1.82) is 0 Å². The SMILES string of the molecule is CC(=C=CC(C)(O)C(C)C)C(C)C. The molecule has 0 rings (SSSR count). The van der Waals surface area contributed by atoms with Crippen LogP contribution in [-0.2, 0) is 0 Å². The predicted molar refractivity (Wildman–Crippen MR) is 57.6 cm³/mol. The molecule has 0 bridgehead atoms. The summed E-state index contributed by atoms with van der Waals surface area (Å²) in [5.74, 6) is 0.721. The van der Waals surface area contributed by atoms with Gasteiger partial charge in [0.05, 0.1) is 5.60 Å². The molecule has 0 aliphatic heterocycles. The second-order valence-corrected chi connectivity index (χ2v) is 4.51. The average Bonchev–Trinajstić information content (AvgIpc) is 1.99. The van der Waals surface area contributed by atoms with Gasteiger partial charge in [0, 0.05) is 0 Å². The predicted octanol–water partition coefficient (Wildman–Crippen LogP) is 3.15. The van der Waals surface area contributed by atoms with E-state index in [1.54, 1.807) is 6.08 Å². The average molecular weight is 182 g/mol. The van der Waals surface area contributed by atoms with Crippen LogP contribution >= 0.6 is 0 Å². The van der Waals surface area contributed by atoms with Crippen molar-refractivity contribution in [3.8, 4) is 0 Å². The third-order valence-corrected chi connectivity index (χ3v) is 2.63. The van der Waals surface area contributed by atoms with Gasteiger partial charge in [0.1, 0.15) is 0 Å². The summed E-state index contributed by atoms with van der Waals surface area (Å²) in [5, 5.41) is 9.89. The van der Waals surface area contributed by atoms with Crippen molar-refractivity contribution in [3.63, 3.8) is 0 Å². The molecule has 13 heavy (non-hydrogen) atoms. The highest BCUT2D eigenvalue weighted by atomic mass is 16.3. The van der Waals surface area contributed by atoms with E-state index in [0.717, 1.165) is 0 Å². The highest BCUT2D eigenvalue weighted by Crippen LogP contribution is 2.17. The van der Waals surface area contributed by atoms with Crippen LogP contribution in [0.25, 0.3) is 0 Å². The molecule has 0 aromatic heterocycles. The summed E-state index contributed by atoms with van der Waals surface area (Å²) in [6.45, 7) is 12.1. The summed E-state index contributed by atoms with van der Waals surface area (Å²) in [6.07, 6.45) is 1.77. The van der Waals surface area contributed by atoms with Crippen LogP contribution in [0.4, 0.5) is 0 Å². The van der Waals surface area contributed by atoms with E-state index in [-0.39, 0.29) is 5.92 Å². The lowest BCUT2D eigenvalue weighted by Gasteiger charge is -2.22. The molecule has 0 aliphatic carbocycles. The monoisotopic (exact) mass is 182 g/mol. The fourth-order valence-electron chi connectivity index (χ4n) is 0.593. The lowest BCUT2D eigenvalue weighted by atomic mass is 9.92. The molecule has 76 valence electrons. The fourth-order valence-corrected chi connectivity index (χ4v) is 0.593. The molecule has 0 aliphatic rings. The molecule has 1 unspecified atom stereocenters. The molecule has 1 nitrogen and oxygen atoms in total. The largest absolute Gasteiger partial charge is 0.385 e. The highest BCUT2D eigenvalue weighted by molar-refractivity contribution is 5.07. The Morgan fingerprint density at radius 2 is 1.77 bits per heavy atom. The fraction of sp³-hybridized carbons (Fsp3) is 0.750. The van der Waals surface area contributed by atoms with E-state index in [4.69, 9.17) is 0 Å². The zero-order valence-corrected chi connectivity index (χ0v) is 9.68. The Balaban J connectivity index is 4.68. The van der Waals surface area contributed by atoms with Gasteiger partial charge in [0.25, 0.3) is 0 Å². The molecule has 0 aromatic carbocycles. The molecule has 0 saturated heterocycles. The highest BCUT2D eigenvalue weighted by Gasteiger charge is 2.20. The smallest absolute Gasteiger partial charge is 0.0895 e. The second-order valence-electron chi connectivity index (χ2n) is 4.51. The number of aliphatic hydroxyl groups is 1. The van der Waals surface area contributed by atoms with Gasteiger partial charge >= 0.3 is 0 Å². The van der Waals surface area contributed by atoms with Crippen molar-refractivity contribution in [3.05, 3.63) is 17.4 Å². The van der Waals surface area contributed by atoms with E-state index in [1.807, 2.05) is 27.7 Å². The topological polar surface area (TPSA) is 20.2 Å². The molecule has 0 saturated carbocycles. The van der Waals surface area contributed by atoms with Gasteiger partial charge in [-0.15, -0.1) is 5.73 Å². The van der Waals surface area contributed by atoms with Crippen LogP contribution in [0.5, 0.6) is 0 Å². The van der Waals surface area contributed by atoms with Crippen LogP contribution in [0.2, 0.25) is 0 Å². The Kier molecular flexibility index (Phi) is 4.46. The summed E-state index contributed by atoms with van der Waals surface area (Å²) in [4.78, 5) is 0. The van der Waals surface area contributed by atoms with Gasteiger partial charge in [-0.1, -0.05) is 27.7 Å². The molecule has 0 fully saturated rings. The van der Waals surface area contributed by atoms with E-state index < -0.39 is 5.60 Å². The third kappa shape index (κ3) is 4.31. The Bertz CT molecular complexity index is 215. The van der Waals surface area contributed by atoms with Gasteiger partial charge < -0.3 is 5.11 Å². The summed E-state index contributed by atoms with van der Waals surface area (Å²) in [6, 6.07) is 0. The van der Waals surface area contributed by atoms with Gasteiger partial charge in [-0.2, -0.15) is 0 Å². The van der Waals surface area contributed by atoms with Crippen LogP contribution in [0.1, 0.15) is 41.5 Å². The third-order valence-electron chi connectivity index (χ3n) is 2.63. The molecule has 1 N–H and O–H groups in total. The van der Waals surface area contributed by atoms with Crippen molar-refractivity contribution in [2.75, 3.05) is 0 Å². The minimum Gasteiger partial charge on any atom is -0.385 e. The standard InChI is InChI=1S/C12H22O/c1-9(2)11(5)7-8-12(6,13)10(3)4/h8-10,13H,1-6H3. The van der Waals surface area contributed by atoms with Gasteiger partial charge in [-0.3, -0.25) is 0 Å². The van der Waals surface area contributed by atoms with Crippen LogP contribution in [0, 0.1) is 11.8 Å². The van der Waals surface area contributed by atoms with Crippen molar-refractivity contribution in [1.82, 2.24) is 0 Å². The van der Waals surface area contributed by atoms with Crippen molar-refractivity contribution in [2.45, 2.75) is 47.1 Å². The molecule has 0 heterocycles. The maximum atomic E-state index is 9.89. The lowest BCUT2D eigenvalue weighted by molar-refractivity contribution is 0.0627. The second kappa shape index (κ2) is 4.64. The Morgan fingerprint density at radius 1 is 1.31 bits per heavy atom. The molecule has 0 spiro atoms. The van der Waals surface area contributed by atoms with Crippen molar-refractivity contribution >= 4 is 0 Å². The number of rotatable bonds is 3. The number of hydrogen-bond donors (Lipinski definition) is 1.